The Labute approximate surface area is 129 Å². The molecule has 7 heteroatoms. The monoisotopic (exact) mass is 307 g/mol. The molecule has 0 heterocycles. The van der Waals surface area contributed by atoms with Crippen molar-refractivity contribution in [1.29, 1.82) is 0 Å². The minimum absolute atomic E-state index is 0.00281. The van der Waals surface area contributed by atoms with Gasteiger partial charge in [0, 0.05) is 18.3 Å². The van der Waals surface area contributed by atoms with Crippen LogP contribution < -0.4 is 16.0 Å². The summed E-state index contributed by atoms with van der Waals surface area (Å²) >= 11 is 0. The zero-order valence-electron chi connectivity index (χ0n) is 12.7. The van der Waals surface area contributed by atoms with Crippen LogP contribution in [0.25, 0.3) is 0 Å². The molecule has 0 aromatic heterocycles. The molecule has 7 nitrogen and oxygen atoms in total. The number of carbonyl (C=O) groups excluding carboxylic acids is 3. The Morgan fingerprint density at radius 1 is 1.14 bits per heavy atom. The average molecular weight is 307 g/mol. The van der Waals surface area contributed by atoms with E-state index >= 15 is 0 Å². The molecular weight excluding hydrogens is 286 g/mol. The SMILES string of the molecule is CC(C)NC(=O)COC(=O)CCNC(=O)Nc1ccccc1. The van der Waals surface area contributed by atoms with Gasteiger partial charge in [-0.15, -0.1) is 0 Å². The van der Waals surface area contributed by atoms with E-state index in [2.05, 4.69) is 16.0 Å². The fourth-order valence-corrected chi connectivity index (χ4v) is 1.56. The molecule has 120 valence electrons. The molecule has 22 heavy (non-hydrogen) atoms. The first-order valence-electron chi connectivity index (χ1n) is 7.02. The molecular formula is C15H21N3O4. The molecule has 0 saturated carbocycles. The zero-order valence-corrected chi connectivity index (χ0v) is 12.7. The molecule has 0 unspecified atom stereocenters. The van der Waals surface area contributed by atoms with Gasteiger partial charge in [-0.2, -0.15) is 0 Å². The van der Waals surface area contributed by atoms with Gasteiger partial charge in [0.25, 0.3) is 5.91 Å². The highest BCUT2D eigenvalue weighted by atomic mass is 16.5. The van der Waals surface area contributed by atoms with Gasteiger partial charge in [-0.05, 0) is 26.0 Å². The van der Waals surface area contributed by atoms with Crippen molar-refractivity contribution >= 4 is 23.6 Å². The largest absolute Gasteiger partial charge is 0.456 e. The molecule has 0 saturated heterocycles. The standard InChI is InChI=1S/C15H21N3O4/c1-11(2)17-13(19)10-22-14(20)8-9-16-15(21)18-12-6-4-3-5-7-12/h3-7,11H,8-10H2,1-2H3,(H,17,19)(H2,16,18,21). The summed E-state index contributed by atoms with van der Waals surface area (Å²) in [6, 6.07) is 8.53. The summed E-state index contributed by atoms with van der Waals surface area (Å²) in [6.07, 6.45) is -0.00281. The van der Waals surface area contributed by atoms with E-state index in [9.17, 15) is 14.4 Å². The highest BCUT2D eigenvalue weighted by molar-refractivity contribution is 5.89. The summed E-state index contributed by atoms with van der Waals surface area (Å²) in [5.74, 6) is -0.892. The molecule has 1 aromatic carbocycles. The predicted octanol–water partition coefficient (Wildman–Crippen LogP) is 1.27. The summed E-state index contributed by atoms with van der Waals surface area (Å²) in [4.78, 5) is 34.2. The number of hydrogen-bond donors (Lipinski definition) is 3. The molecule has 3 N–H and O–H groups in total. The topological polar surface area (TPSA) is 96.5 Å². The molecule has 1 rings (SSSR count). The van der Waals surface area contributed by atoms with E-state index in [1.165, 1.54) is 0 Å². The molecule has 0 aliphatic heterocycles. The number of para-hydroxylation sites is 1. The van der Waals surface area contributed by atoms with Crippen LogP contribution in [0.4, 0.5) is 10.5 Å². The molecule has 0 spiro atoms. The number of rotatable bonds is 7. The smallest absolute Gasteiger partial charge is 0.319 e. The van der Waals surface area contributed by atoms with Crippen LogP contribution >= 0.6 is 0 Å². The van der Waals surface area contributed by atoms with Gasteiger partial charge >= 0.3 is 12.0 Å². The first kappa shape index (κ1) is 17.5. The van der Waals surface area contributed by atoms with Crippen LogP contribution in [0.15, 0.2) is 30.3 Å². The maximum atomic E-state index is 11.5. The highest BCUT2D eigenvalue weighted by Gasteiger charge is 2.09. The van der Waals surface area contributed by atoms with Gasteiger partial charge in [-0.1, -0.05) is 18.2 Å². The van der Waals surface area contributed by atoms with Crippen LogP contribution in [-0.2, 0) is 14.3 Å². The molecule has 0 bridgehead atoms. The molecule has 0 atom stereocenters. The normalized spacial score (nSPS) is 9.95. The summed E-state index contributed by atoms with van der Waals surface area (Å²) in [5, 5.41) is 7.76. The summed E-state index contributed by atoms with van der Waals surface area (Å²) < 4.78 is 4.78. The zero-order chi connectivity index (χ0) is 16.4. The van der Waals surface area contributed by atoms with Crippen molar-refractivity contribution in [3.05, 3.63) is 30.3 Å². The molecule has 0 fully saturated rings. The van der Waals surface area contributed by atoms with E-state index in [0.717, 1.165) is 0 Å². The van der Waals surface area contributed by atoms with E-state index < -0.39 is 12.0 Å². The third-order valence-corrected chi connectivity index (χ3v) is 2.46. The van der Waals surface area contributed by atoms with Crippen molar-refractivity contribution in [2.45, 2.75) is 26.3 Å². The van der Waals surface area contributed by atoms with E-state index in [0.29, 0.717) is 5.69 Å². The van der Waals surface area contributed by atoms with Crippen molar-refractivity contribution in [3.8, 4) is 0 Å². The molecule has 3 amide bonds. The van der Waals surface area contributed by atoms with Crippen LogP contribution in [0.2, 0.25) is 0 Å². The van der Waals surface area contributed by atoms with Crippen LogP contribution in [0, 0.1) is 0 Å². The fourth-order valence-electron chi connectivity index (χ4n) is 1.56. The molecule has 0 aliphatic carbocycles. The van der Waals surface area contributed by atoms with Gasteiger partial charge in [-0.3, -0.25) is 9.59 Å². The van der Waals surface area contributed by atoms with E-state index in [1.807, 2.05) is 19.9 Å². The number of urea groups is 1. The average Bonchev–Trinajstić information content (AvgIpc) is 2.45. The number of benzene rings is 1. The third kappa shape index (κ3) is 7.88. The summed E-state index contributed by atoms with van der Waals surface area (Å²) in [7, 11) is 0. The Balaban J connectivity index is 2.14. The van der Waals surface area contributed by atoms with Crippen molar-refractivity contribution in [3.63, 3.8) is 0 Å². The fraction of sp³-hybridized carbons (Fsp3) is 0.400. The maximum absolute atomic E-state index is 11.5. The van der Waals surface area contributed by atoms with Gasteiger partial charge in [0.1, 0.15) is 0 Å². The predicted molar refractivity (Wildman–Crippen MR) is 82.3 cm³/mol. The Bertz CT molecular complexity index is 503. The Morgan fingerprint density at radius 2 is 1.82 bits per heavy atom. The molecule has 0 radical (unpaired) electrons. The third-order valence-electron chi connectivity index (χ3n) is 2.46. The van der Waals surface area contributed by atoms with Gasteiger partial charge in [0.15, 0.2) is 6.61 Å². The van der Waals surface area contributed by atoms with Gasteiger partial charge in [-0.25, -0.2) is 4.79 Å². The minimum atomic E-state index is -0.543. The van der Waals surface area contributed by atoms with E-state index in [1.54, 1.807) is 24.3 Å². The number of amides is 3. The van der Waals surface area contributed by atoms with Gasteiger partial charge < -0.3 is 20.7 Å². The number of ether oxygens (including phenoxy) is 1. The lowest BCUT2D eigenvalue weighted by atomic mass is 10.3. The summed E-state index contributed by atoms with van der Waals surface area (Å²) in [5.41, 5.74) is 0.660. The van der Waals surface area contributed by atoms with Crippen molar-refractivity contribution < 1.29 is 19.1 Å². The number of anilines is 1. The van der Waals surface area contributed by atoms with Crippen molar-refractivity contribution in [2.75, 3.05) is 18.5 Å². The van der Waals surface area contributed by atoms with E-state index in [4.69, 9.17) is 4.74 Å². The second-order valence-electron chi connectivity index (χ2n) is 4.88. The first-order valence-corrected chi connectivity index (χ1v) is 7.02. The number of hydrogen-bond acceptors (Lipinski definition) is 4. The minimum Gasteiger partial charge on any atom is -0.456 e. The Hall–Kier alpha value is -2.57. The lowest BCUT2D eigenvalue weighted by Gasteiger charge is -2.09. The van der Waals surface area contributed by atoms with Gasteiger partial charge in [0.2, 0.25) is 0 Å². The van der Waals surface area contributed by atoms with Crippen LogP contribution in [0.1, 0.15) is 20.3 Å². The second kappa shape index (κ2) is 9.38. The lowest BCUT2D eigenvalue weighted by molar-refractivity contribution is -0.148. The van der Waals surface area contributed by atoms with Crippen LogP contribution in [0.5, 0.6) is 0 Å². The van der Waals surface area contributed by atoms with Crippen LogP contribution in [-0.4, -0.2) is 37.1 Å². The Morgan fingerprint density at radius 3 is 2.45 bits per heavy atom. The molecule has 0 aliphatic rings. The Kier molecular flexibility index (Phi) is 7.45. The van der Waals surface area contributed by atoms with Gasteiger partial charge in [0.05, 0.1) is 6.42 Å². The van der Waals surface area contributed by atoms with Crippen molar-refractivity contribution in [1.82, 2.24) is 10.6 Å². The maximum Gasteiger partial charge on any atom is 0.319 e. The quantitative estimate of drug-likeness (QED) is 0.661. The lowest BCUT2D eigenvalue weighted by Crippen LogP contribution is -2.34. The highest BCUT2D eigenvalue weighted by Crippen LogP contribution is 2.03. The van der Waals surface area contributed by atoms with Crippen LogP contribution in [0.3, 0.4) is 0 Å². The van der Waals surface area contributed by atoms with Crippen molar-refractivity contribution in [2.24, 2.45) is 0 Å². The number of esters is 1. The first-order chi connectivity index (χ1) is 10.5. The molecule has 1 aromatic rings. The summed E-state index contributed by atoms with van der Waals surface area (Å²) in [6.45, 7) is 3.44. The van der Waals surface area contributed by atoms with E-state index in [-0.39, 0.29) is 31.5 Å². The number of nitrogens with one attached hydrogen (secondary N) is 3. The second-order valence-corrected chi connectivity index (χ2v) is 4.88. The number of carbonyl (C=O) groups is 3.